The largest absolute Gasteiger partial charge is 0.493 e. The highest BCUT2D eigenvalue weighted by molar-refractivity contribution is 6.01. The summed E-state index contributed by atoms with van der Waals surface area (Å²) in [6.45, 7) is 1.41. The first-order valence-electron chi connectivity index (χ1n) is 9.72. The second-order valence-corrected chi connectivity index (χ2v) is 7.39. The van der Waals surface area contributed by atoms with Crippen LogP contribution in [0.4, 0.5) is 5.95 Å². The maximum atomic E-state index is 12.6. The molecule has 0 fully saturated rings. The van der Waals surface area contributed by atoms with Gasteiger partial charge in [-0.1, -0.05) is 12.1 Å². The third-order valence-corrected chi connectivity index (χ3v) is 5.57. The Labute approximate surface area is 171 Å². The number of carbonyl (C=O) groups excluding carboxylic acids is 1. The zero-order chi connectivity index (χ0) is 20.2. The summed E-state index contributed by atoms with van der Waals surface area (Å²) in [6, 6.07) is 6.08. The number of carbonyl (C=O) groups is 1. The van der Waals surface area contributed by atoms with Gasteiger partial charge in [-0.05, 0) is 11.6 Å². The summed E-state index contributed by atoms with van der Waals surface area (Å²) < 4.78 is 14.6. The van der Waals surface area contributed by atoms with E-state index >= 15 is 0 Å². The van der Waals surface area contributed by atoms with Crippen molar-refractivity contribution in [1.82, 2.24) is 24.1 Å². The van der Waals surface area contributed by atoms with Crippen LogP contribution in [0.1, 0.15) is 27.3 Å². The Morgan fingerprint density at radius 3 is 3.07 bits per heavy atom. The molecule has 1 N–H and O–H groups in total. The average molecular weight is 402 g/mol. The summed E-state index contributed by atoms with van der Waals surface area (Å²) in [5.41, 5.74) is 5.71. The van der Waals surface area contributed by atoms with Crippen molar-refractivity contribution in [3.63, 3.8) is 0 Å². The number of nitrogens with one attached hydrogen (secondary N) is 1. The molecule has 9 nitrogen and oxygen atoms in total. The van der Waals surface area contributed by atoms with E-state index in [1.807, 2.05) is 25.4 Å². The number of ether oxygens (including phenoxy) is 2. The number of hydrogen-bond acceptors (Lipinski definition) is 7. The predicted molar refractivity (Wildman–Crippen MR) is 107 cm³/mol. The van der Waals surface area contributed by atoms with Crippen LogP contribution in [0.15, 0.2) is 36.9 Å². The van der Waals surface area contributed by atoms with E-state index in [0.717, 1.165) is 23.3 Å². The van der Waals surface area contributed by atoms with Gasteiger partial charge in [0, 0.05) is 49.1 Å². The van der Waals surface area contributed by atoms with Crippen LogP contribution < -0.4 is 10.1 Å². The van der Waals surface area contributed by atoms with Crippen molar-refractivity contribution in [2.75, 3.05) is 11.9 Å². The molecule has 4 aromatic rings. The lowest BCUT2D eigenvalue weighted by Gasteiger charge is -2.14. The van der Waals surface area contributed by atoms with Crippen molar-refractivity contribution in [2.45, 2.75) is 19.6 Å². The monoisotopic (exact) mass is 402 g/mol. The SMILES string of the molecule is Cn1cc2c(n1)COC(=O)c1ncn3c(NCc4cccc5c4CCO5)ncc-2c13. The zero-order valence-corrected chi connectivity index (χ0v) is 16.3. The van der Waals surface area contributed by atoms with Crippen LogP contribution in [0.5, 0.6) is 5.75 Å². The molecule has 0 atom stereocenters. The van der Waals surface area contributed by atoms with Crippen molar-refractivity contribution in [2.24, 2.45) is 7.05 Å². The van der Waals surface area contributed by atoms with E-state index < -0.39 is 5.97 Å². The molecule has 0 amide bonds. The predicted octanol–water partition coefficient (Wildman–Crippen LogP) is 2.35. The van der Waals surface area contributed by atoms with Crippen LogP contribution in [0.25, 0.3) is 16.6 Å². The smallest absolute Gasteiger partial charge is 0.359 e. The summed E-state index contributed by atoms with van der Waals surface area (Å²) in [5.74, 6) is 1.08. The normalized spacial score (nSPS) is 14.5. The number of aryl methyl sites for hydroxylation is 1. The molecule has 2 aliphatic heterocycles. The van der Waals surface area contributed by atoms with E-state index in [0.29, 0.717) is 30.3 Å². The number of aromatic nitrogens is 5. The van der Waals surface area contributed by atoms with Gasteiger partial charge in [-0.3, -0.25) is 9.08 Å². The van der Waals surface area contributed by atoms with Crippen LogP contribution in [-0.2, 0) is 31.4 Å². The lowest BCUT2D eigenvalue weighted by Crippen LogP contribution is -2.12. The Morgan fingerprint density at radius 2 is 2.13 bits per heavy atom. The number of benzene rings is 1. The Bertz CT molecular complexity index is 1320. The molecule has 3 aromatic heterocycles. The van der Waals surface area contributed by atoms with Gasteiger partial charge < -0.3 is 14.8 Å². The lowest BCUT2D eigenvalue weighted by molar-refractivity contribution is 0.0463. The summed E-state index contributed by atoms with van der Waals surface area (Å²) in [7, 11) is 1.84. The number of esters is 1. The van der Waals surface area contributed by atoms with Gasteiger partial charge in [-0.25, -0.2) is 14.8 Å². The Hall–Kier alpha value is -3.88. The minimum absolute atomic E-state index is 0.106. The number of hydrogen-bond donors (Lipinski definition) is 1. The number of rotatable bonds is 3. The molecule has 9 heteroatoms. The van der Waals surface area contributed by atoms with E-state index in [1.54, 1.807) is 21.6 Å². The van der Waals surface area contributed by atoms with E-state index in [9.17, 15) is 4.79 Å². The molecule has 5 heterocycles. The third kappa shape index (κ3) is 2.48. The van der Waals surface area contributed by atoms with E-state index in [1.165, 1.54) is 11.1 Å². The Kier molecular flexibility index (Phi) is 3.58. The summed E-state index contributed by atoms with van der Waals surface area (Å²) in [4.78, 5) is 21.5. The van der Waals surface area contributed by atoms with Crippen LogP contribution in [0.2, 0.25) is 0 Å². The van der Waals surface area contributed by atoms with Gasteiger partial charge >= 0.3 is 5.97 Å². The van der Waals surface area contributed by atoms with Gasteiger partial charge in [-0.2, -0.15) is 5.10 Å². The Morgan fingerprint density at radius 1 is 1.20 bits per heavy atom. The van der Waals surface area contributed by atoms with Crippen LogP contribution in [-0.4, -0.2) is 36.7 Å². The van der Waals surface area contributed by atoms with Gasteiger partial charge in [0.1, 0.15) is 24.4 Å². The molecule has 0 saturated carbocycles. The van der Waals surface area contributed by atoms with Crippen LogP contribution in [0.3, 0.4) is 0 Å². The quantitative estimate of drug-likeness (QED) is 0.526. The number of imidazole rings is 1. The molecule has 0 aliphatic carbocycles. The number of anilines is 1. The van der Waals surface area contributed by atoms with Gasteiger partial charge in [0.05, 0.1) is 12.1 Å². The van der Waals surface area contributed by atoms with E-state index in [-0.39, 0.29) is 12.3 Å². The first kappa shape index (κ1) is 17.0. The van der Waals surface area contributed by atoms with Crippen molar-refractivity contribution >= 4 is 17.4 Å². The first-order valence-corrected chi connectivity index (χ1v) is 9.72. The van der Waals surface area contributed by atoms with E-state index in [4.69, 9.17) is 9.47 Å². The van der Waals surface area contributed by atoms with Gasteiger partial charge in [0.15, 0.2) is 5.69 Å². The van der Waals surface area contributed by atoms with E-state index in [2.05, 4.69) is 26.4 Å². The molecule has 0 bridgehead atoms. The van der Waals surface area contributed by atoms with Crippen molar-refractivity contribution in [3.05, 3.63) is 59.4 Å². The molecule has 6 rings (SSSR count). The van der Waals surface area contributed by atoms with Crippen molar-refractivity contribution in [1.29, 1.82) is 0 Å². The Balaban J connectivity index is 1.44. The maximum Gasteiger partial charge on any atom is 0.359 e. The van der Waals surface area contributed by atoms with Crippen LogP contribution >= 0.6 is 0 Å². The molecule has 0 spiro atoms. The fraction of sp³-hybridized carbons (Fsp3) is 0.238. The second-order valence-electron chi connectivity index (χ2n) is 7.39. The molecule has 0 saturated heterocycles. The molecule has 30 heavy (non-hydrogen) atoms. The van der Waals surface area contributed by atoms with Crippen LogP contribution in [0, 0.1) is 0 Å². The number of cyclic esters (lactones) is 1. The number of fused-ring (bicyclic) bond motifs is 3. The maximum absolute atomic E-state index is 12.6. The standard InChI is InChI=1S/C21H18N6O3/c1-26-9-15-14-8-23-21(22-7-12-3-2-4-17-13(12)5-6-29-17)27-11-24-18(19(14)27)20(28)30-10-16(15)25-26/h2-4,8-9,11H,5-7,10H2,1H3,(H,22,23). The van der Waals surface area contributed by atoms with Gasteiger partial charge in [-0.15, -0.1) is 0 Å². The highest BCUT2D eigenvalue weighted by Gasteiger charge is 2.26. The third-order valence-electron chi connectivity index (χ3n) is 5.57. The molecular formula is C21H18N6O3. The number of nitrogens with zero attached hydrogens (tertiary/aromatic N) is 5. The summed E-state index contributed by atoms with van der Waals surface area (Å²) >= 11 is 0. The molecule has 0 unspecified atom stereocenters. The molecule has 2 aliphatic rings. The van der Waals surface area contributed by atoms with Crippen molar-refractivity contribution in [3.8, 4) is 16.9 Å². The molecule has 150 valence electrons. The molecule has 1 aromatic carbocycles. The minimum Gasteiger partial charge on any atom is -0.493 e. The average Bonchev–Trinajstić information content (AvgIpc) is 3.47. The highest BCUT2D eigenvalue weighted by atomic mass is 16.5. The zero-order valence-electron chi connectivity index (χ0n) is 16.3. The minimum atomic E-state index is -0.467. The van der Waals surface area contributed by atoms with Crippen molar-refractivity contribution < 1.29 is 14.3 Å². The fourth-order valence-corrected chi connectivity index (χ4v) is 4.19. The molecular weight excluding hydrogens is 384 g/mol. The highest BCUT2D eigenvalue weighted by Crippen LogP contribution is 2.33. The topological polar surface area (TPSA) is 95.6 Å². The first-order chi connectivity index (χ1) is 14.7. The second kappa shape index (κ2) is 6.31. The molecule has 0 radical (unpaired) electrons. The lowest BCUT2D eigenvalue weighted by atomic mass is 10.1. The fourth-order valence-electron chi connectivity index (χ4n) is 4.19. The summed E-state index contributed by atoms with van der Waals surface area (Å²) in [6.07, 6.45) is 6.17. The van der Waals surface area contributed by atoms with Gasteiger partial charge in [0.2, 0.25) is 5.95 Å². The van der Waals surface area contributed by atoms with Gasteiger partial charge in [0.25, 0.3) is 0 Å². The summed E-state index contributed by atoms with van der Waals surface area (Å²) in [5, 5.41) is 7.80.